The Hall–Kier alpha value is -3.76. The van der Waals surface area contributed by atoms with Crippen LogP contribution >= 0.6 is 11.8 Å². The van der Waals surface area contributed by atoms with Crippen molar-refractivity contribution in [1.82, 2.24) is 10.6 Å². The highest BCUT2D eigenvalue weighted by molar-refractivity contribution is 8.01. The molecule has 4 aliphatic heterocycles. The van der Waals surface area contributed by atoms with Crippen LogP contribution in [0, 0.1) is 0 Å². The van der Waals surface area contributed by atoms with E-state index in [1.807, 2.05) is 0 Å². The highest BCUT2D eigenvalue weighted by atomic mass is 32.2. The summed E-state index contributed by atoms with van der Waals surface area (Å²) in [4.78, 5) is 61.7. The molecule has 276 valence electrons. The van der Waals surface area contributed by atoms with Gasteiger partial charge in [-0.15, -0.1) is 0 Å². The molecule has 0 saturated carbocycles. The van der Waals surface area contributed by atoms with E-state index in [2.05, 4.69) is 10.6 Å². The van der Waals surface area contributed by atoms with Crippen molar-refractivity contribution >= 4 is 41.9 Å². The van der Waals surface area contributed by atoms with Crippen LogP contribution in [0.15, 0.2) is 35.2 Å². The van der Waals surface area contributed by atoms with Gasteiger partial charge in [0.15, 0.2) is 6.10 Å². The summed E-state index contributed by atoms with van der Waals surface area (Å²) in [5.74, 6) is -5.45. The highest BCUT2D eigenvalue weighted by Crippen LogP contribution is 2.46. The Morgan fingerprint density at radius 2 is 1.50 bits per heavy atom. The highest BCUT2D eigenvalue weighted by Gasteiger charge is 2.62. The molecule has 4 fully saturated rings. The summed E-state index contributed by atoms with van der Waals surface area (Å²) in [7, 11) is 2.12. The minimum atomic E-state index is -2.50. The molecular formula is C30H38N2O17S. The molecule has 4 aliphatic rings. The van der Waals surface area contributed by atoms with Crippen LogP contribution in [-0.2, 0) is 52.3 Å². The quantitative estimate of drug-likeness (QED) is 0.0953. The fraction of sp³-hybridized carbons (Fsp3) is 0.633. The molecule has 6 N–H and O–H groups in total. The number of nitrogens with one attached hydrogen (secondary N) is 2. The number of carbonyl (C=O) groups excluding carboxylic acids is 5. The Morgan fingerprint density at radius 3 is 2.08 bits per heavy atom. The van der Waals surface area contributed by atoms with E-state index in [4.69, 9.17) is 37.9 Å². The molecule has 4 saturated heterocycles. The molecule has 50 heavy (non-hydrogen) atoms. The number of hydrogen-bond acceptors (Lipinski definition) is 18. The van der Waals surface area contributed by atoms with Crippen molar-refractivity contribution in [2.24, 2.45) is 0 Å². The number of carbonyl (C=O) groups is 5. The smallest absolute Gasteiger partial charge is 0.407 e. The average Bonchev–Trinajstić information content (AvgIpc) is 3.67. The average molecular weight is 731 g/mol. The number of alkyl carbamates (subject to hydrolysis) is 2. The zero-order valence-corrected chi connectivity index (χ0v) is 27.8. The second-order valence-corrected chi connectivity index (χ2v) is 13.2. The molecule has 4 heterocycles. The summed E-state index contributed by atoms with van der Waals surface area (Å²) in [6, 6.07) is 6.45. The second kappa shape index (κ2) is 15.2. The van der Waals surface area contributed by atoms with Crippen molar-refractivity contribution < 1.29 is 82.3 Å². The number of benzene rings is 1. The number of aliphatic hydroxyl groups is 4. The number of thioether (sulfide) groups is 1. The molecular weight excluding hydrogens is 692 g/mol. The molecule has 0 spiro atoms. The minimum absolute atomic E-state index is 0.183. The summed E-state index contributed by atoms with van der Waals surface area (Å²) in [5.41, 5.74) is 0. The standard InChI is InChI=1S/C30H38N2O17S/c1-13(34)45-22(15(35)11-33)24-20-17(46-28(41)32-20)9-29(48-24,25(38)42-2)44-12-16(36)21(37)23-19-18(47-27(40)31-19)10-30(49-23,26(39)43-3)50-14-7-5-4-6-8-14/h4-8,15-24,33,35-37H,9-12H2,1-3H3,(H,31,40)(H,32,41)/t15-,16-,17-,18-,19-,20-,21-,22-,23?,24?,29-,30-/m1/s1. The third-order valence-electron chi connectivity index (χ3n) is 8.62. The maximum Gasteiger partial charge on any atom is 0.407 e. The molecule has 5 rings (SSSR count). The van der Waals surface area contributed by atoms with E-state index >= 15 is 0 Å². The van der Waals surface area contributed by atoms with Crippen LogP contribution in [0.4, 0.5) is 9.59 Å². The molecule has 20 heteroatoms. The van der Waals surface area contributed by atoms with Gasteiger partial charge in [0.1, 0.15) is 42.7 Å². The Kier molecular flexibility index (Phi) is 11.4. The third-order valence-corrected chi connectivity index (χ3v) is 9.88. The Bertz CT molecular complexity index is 1440. The van der Waals surface area contributed by atoms with Gasteiger partial charge in [0.05, 0.1) is 45.9 Å². The summed E-state index contributed by atoms with van der Waals surface area (Å²) in [6.45, 7) is -0.794. The fourth-order valence-electron chi connectivity index (χ4n) is 6.35. The van der Waals surface area contributed by atoms with E-state index < -0.39 is 121 Å². The van der Waals surface area contributed by atoms with Crippen LogP contribution in [-0.4, -0.2) is 150 Å². The largest absolute Gasteiger partial charge is 0.466 e. The van der Waals surface area contributed by atoms with Crippen molar-refractivity contribution in [2.75, 3.05) is 27.4 Å². The van der Waals surface area contributed by atoms with Gasteiger partial charge in [-0.2, -0.15) is 0 Å². The number of ether oxygens (including phenoxy) is 8. The van der Waals surface area contributed by atoms with Gasteiger partial charge in [-0.05, 0) is 12.1 Å². The molecule has 0 aliphatic carbocycles. The lowest BCUT2D eigenvalue weighted by Crippen LogP contribution is -2.66. The number of fused-ring (bicyclic) bond motifs is 2. The van der Waals surface area contributed by atoms with Crippen LogP contribution in [0.3, 0.4) is 0 Å². The lowest BCUT2D eigenvalue weighted by Gasteiger charge is -2.46. The van der Waals surface area contributed by atoms with Crippen LogP contribution in [0.1, 0.15) is 19.8 Å². The summed E-state index contributed by atoms with van der Waals surface area (Å²) in [5, 5.41) is 47.9. The predicted octanol–water partition coefficient (Wildman–Crippen LogP) is -1.93. The number of rotatable bonds is 13. The Morgan fingerprint density at radius 1 is 0.900 bits per heavy atom. The molecule has 0 aromatic heterocycles. The lowest BCUT2D eigenvalue weighted by molar-refractivity contribution is -0.314. The first-order chi connectivity index (χ1) is 23.8. The molecule has 2 unspecified atom stereocenters. The van der Waals surface area contributed by atoms with Crippen LogP contribution in [0.2, 0.25) is 0 Å². The topological polar surface area (TPSA) is 264 Å². The van der Waals surface area contributed by atoms with E-state index in [1.54, 1.807) is 30.3 Å². The van der Waals surface area contributed by atoms with Crippen LogP contribution < -0.4 is 10.6 Å². The van der Waals surface area contributed by atoms with Crippen LogP contribution in [0.25, 0.3) is 0 Å². The van der Waals surface area contributed by atoms with Crippen molar-refractivity contribution in [3.8, 4) is 0 Å². The van der Waals surface area contributed by atoms with Gasteiger partial charge >= 0.3 is 30.1 Å². The summed E-state index contributed by atoms with van der Waals surface area (Å²) in [6.07, 6.45) is -15.1. The minimum Gasteiger partial charge on any atom is -0.466 e. The molecule has 1 aromatic carbocycles. The molecule has 2 amide bonds. The Balaban J connectivity index is 1.41. The van der Waals surface area contributed by atoms with Gasteiger partial charge in [-0.25, -0.2) is 19.2 Å². The van der Waals surface area contributed by atoms with Gasteiger partial charge < -0.3 is 69.0 Å². The van der Waals surface area contributed by atoms with Crippen molar-refractivity contribution in [3.05, 3.63) is 30.3 Å². The molecule has 0 bridgehead atoms. The normalized spacial score (nSPS) is 33.9. The zero-order valence-electron chi connectivity index (χ0n) is 27.0. The lowest BCUT2D eigenvalue weighted by atomic mass is 9.88. The maximum absolute atomic E-state index is 13.3. The molecule has 0 radical (unpaired) electrons. The number of hydrogen-bond donors (Lipinski definition) is 6. The number of aliphatic hydroxyl groups excluding tert-OH is 4. The number of methoxy groups -OCH3 is 2. The third kappa shape index (κ3) is 7.47. The van der Waals surface area contributed by atoms with Gasteiger partial charge in [0.25, 0.3) is 5.79 Å². The van der Waals surface area contributed by atoms with E-state index in [9.17, 15) is 44.4 Å². The maximum atomic E-state index is 13.3. The zero-order chi connectivity index (χ0) is 36.4. The van der Waals surface area contributed by atoms with E-state index in [0.29, 0.717) is 4.90 Å². The van der Waals surface area contributed by atoms with Crippen molar-refractivity contribution in [2.45, 2.75) is 96.3 Å². The molecule has 1 aromatic rings. The second-order valence-electron chi connectivity index (χ2n) is 11.9. The fourth-order valence-corrected chi connectivity index (χ4v) is 7.60. The SMILES string of the molecule is COC(=O)[C@@]1(OC[C@@H](O)[C@@H](O)C2O[C@](Sc3ccccc3)(C(=O)OC)C[C@H]3OC(=O)N[C@@H]23)C[C@H]2OC(=O)N[C@H]2C([C@H](OC(C)=O)[C@H](O)CO)O1. The monoisotopic (exact) mass is 730 g/mol. The first-order valence-corrected chi connectivity index (χ1v) is 16.2. The summed E-state index contributed by atoms with van der Waals surface area (Å²) < 4.78 is 43.8. The van der Waals surface area contributed by atoms with E-state index in [1.165, 1.54) is 0 Å². The van der Waals surface area contributed by atoms with Crippen molar-refractivity contribution in [3.63, 3.8) is 0 Å². The van der Waals surface area contributed by atoms with Gasteiger partial charge in [-0.3, -0.25) is 4.79 Å². The first-order valence-electron chi connectivity index (χ1n) is 15.4. The van der Waals surface area contributed by atoms with Crippen LogP contribution in [0.5, 0.6) is 0 Å². The number of amides is 2. The molecule has 19 nitrogen and oxygen atoms in total. The van der Waals surface area contributed by atoms with E-state index in [0.717, 1.165) is 32.9 Å². The van der Waals surface area contributed by atoms with Crippen molar-refractivity contribution in [1.29, 1.82) is 0 Å². The molecule has 12 atom stereocenters. The predicted molar refractivity (Wildman–Crippen MR) is 162 cm³/mol. The van der Waals surface area contributed by atoms with Gasteiger partial charge in [0, 0.05) is 18.2 Å². The summed E-state index contributed by atoms with van der Waals surface area (Å²) >= 11 is 0.948. The number of esters is 3. The first kappa shape index (κ1) is 37.5. The van der Waals surface area contributed by atoms with E-state index in [-0.39, 0.29) is 6.42 Å². The van der Waals surface area contributed by atoms with Gasteiger partial charge in [-0.1, -0.05) is 30.0 Å². The Labute approximate surface area is 288 Å². The van der Waals surface area contributed by atoms with Gasteiger partial charge in [0.2, 0.25) is 4.93 Å².